The van der Waals surface area contributed by atoms with Crippen molar-refractivity contribution in [2.75, 3.05) is 0 Å². The van der Waals surface area contributed by atoms with Crippen molar-refractivity contribution in [2.24, 2.45) is 0 Å². The van der Waals surface area contributed by atoms with Crippen molar-refractivity contribution in [1.82, 2.24) is 0 Å². The average molecular weight is 302 g/mol. The molecule has 0 saturated carbocycles. The van der Waals surface area contributed by atoms with E-state index in [9.17, 15) is 5.11 Å². The summed E-state index contributed by atoms with van der Waals surface area (Å²) in [6.07, 6.45) is 1.18. The maximum Gasteiger partial charge on any atom is 0.487 e. The molecule has 1 atom stereocenters. The predicted molar refractivity (Wildman–Crippen MR) is 90.5 cm³/mol. The molecule has 3 nitrogen and oxygen atoms in total. The highest BCUT2D eigenvalue weighted by atomic mass is 16.7. The lowest BCUT2D eigenvalue weighted by atomic mass is 9.83. The van der Waals surface area contributed by atoms with Crippen LogP contribution in [0, 0.1) is 0 Å². The van der Waals surface area contributed by atoms with Gasteiger partial charge in [0.25, 0.3) is 0 Å². The van der Waals surface area contributed by atoms with Gasteiger partial charge in [-0.05, 0) is 45.3 Å². The number of aliphatic hydroxyl groups excluding tert-OH is 1. The molecular formula is C18H27BO3. The third kappa shape index (κ3) is 3.62. The van der Waals surface area contributed by atoms with Gasteiger partial charge in [0, 0.05) is 0 Å². The van der Waals surface area contributed by atoms with Crippen LogP contribution in [0.5, 0.6) is 0 Å². The lowest BCUT2D eigenvalue weighted by Gasteiger charge is -2.32. The Morgan fingerprint density at radius 1 is 1.14 bits per heavy atom. The van der Waals surface area contributed by atoms with Gasteiger partial charge in [0.1, 0.15) is 0 Å². The number of hydrogen-bond acceptors (Lipinski definition) is 3. The smallest absolute Gasteiger partial charge is 0.400 e. The monoisotopic (exact) mass is 302 g/mol. The first-order valence-electron chi connectivity index (χ1n) is 8.06. The molecular weight excluding hydrogens is 275 g/mol. The number of benzene rings is 1. The minimum atomic E-state index is -0.611. The Labute approximate surface area is 134 Å². The Hall–Kier alpha value is -1.10. The molecule has 1 N–H and O–H groups in total. The minimum Gasteiger partial charge on any atom is -0.400 e. The van der Waals surface area contributed by atoms with Gasteiger partial charge in [0.05, 0.1) is 17.3 Å². The third-order valence-electron chi connectivity index (χ3n) is 4.63. The van der Waals surface area contributed by atoms with Crippen LogP contribution in [0.1, 0.15) is 59.1 Å². The number of hydrogen-bond donors (Lipinski definition) is 1. The van der Waals surface area contributed by atoms with Crippen LogP contribution in [-0.4, -0.2) is 23.4 Å². The Kier molecular flexibility index (Phi) is 5.16. The molecule has 4 heteroatoms. The van der Waals surface area contributed by atoms with E-state index in [1.807, 2.05) is 64.0 Å². The van der Waals surface area contributed by atoms with Gasteiger partial charge in [-0.3, -0.25) is 0 Å². The van der Waals surface area contributed by atoms with Gasteiger partial charge in [0.2, 0.25) is 0 Å². The van der Waals surface area contributed by atoms with Gasteiger partial charge < -0.3 is 14.4 Å². The molecule has 22 heavy (non-hydrogen) atoms. The zero-order valence-electron chi connectivity index (χ0n) is 14.3. The molecule has 120 valence electrons. The van der Waals surface area contributed by atoms with Gasteiger partial charge in [-0.15, -0.1) is 0 Å². The Morgan fingerprint density at radius 2 is 1.68 bits per heavy atom. The predicted octanol–water partition coefficient (Wildman–Crippen LogP) is 4.08. The number of aliphatic hydroxyl groups is 1. The summed E-state index contributed by atoms with van der Waals surface area (Å²) in [7, 11) is -0.412. The molecule has 1 heterocycles. The fourth-order valence-electron chi connectivity index (χ4n) is 2.58. The molecule has 1 aromatic rings. The second-order valence-corrected chi connectivity index (χ2v) is 6.93. The lowest BCUT2D eigenvalue weighted by Crippen LogP contribution is -2.41. The highest BCUT2D eigenvalue weighted by molar-refractivity contribution is 6.51. The van der Waals surface area contributed by atoms with Gasteiger partial charge >= 0.3 is 7.12 Å². The quantitative estimate of drug-likeness (QED) is 0.833. The molecule has 0 aliphatic carbocycles. The molecule has 0 aromatic heterocycles. The summed E-state index contributed by atoms with van der Waals surface area (Å²) in [4.78, 5) is 0. The van der Waals surface area contributed by atoms with Crippen LogP contribution in [0.4, 0.5) is 0 Å². The van der Waals surface area contributed by atoms with Crippen LogP contribution in [0.15, 0.2) is 41.9 Å². The van der Waals surface area contributed by atoms with Crippen molar-refractivity contribution in [3.05, 3.63) is 47.4 Å². The van der Waals surface area contributed by atoms with Crippen molar-refractivity contribution in [1.29, 1.82) is 0 Å². The van der Waals surface area contributed by atoms with Crippen LogP contribution in [0.2, 0.25) is 0 Å². The van der Waals surface area contributed by atoms with Crippen molar-refractivity contribution in [3.8, 4) is 0 Å². The molecule has 1 aliphatic rings. The van der Waals surface area contributed by atoms with Crippen LogP contribution in [0.25, 0.3) is 0 Å². The van der Waals surface area contributed by atoms with Gasteiger partial charge in [0.15, 0.2) is 0 Å². The van der Waals surface area contributed by atoms with E-state index in [4.69, 9.17) is 9.31 Å². The largest absolute Gasteiger partial charge is 0.487 e. The van der Waals surface area contributed by atoms with Crippen molar-refractivity contribution >= 4 is 7.12 Å². The van der Waals surface area contributed by atoms with Crippen molar-refractivity contribution in [3.63, 3.8) is 0 Å². The third-order valence-corrected chi connectivity index (χ3v) is 4.63. The van der Waals surface area contributed by atoms with E-state index in [0.29, 0.717) is 0 Å². The SMILES string of the molecule is CCC/C(=C\B1OC(C)(C)C(C)(C)O1)C(O)c1ccccc1. The van der Waals surface area contributed by atoms with E-state index < -0.39 is 13.2 Å². The van der Waals surface area contributed by atoms with Gasteiger partial charge in [-0.25, -0.2) is 0 Å². The molecule has 0 bridgehead atoms. The fraction of sp³-hybridized carbons (Fsp3) is 0.556. The van der Waals surface area contributed by atoms with Gasteiger partial charge in [-0.2, -0.15) is 0 Å². The standard InChI is InChI=1S/C18H27BO3/c1-6-10-15(16(20)14-11-8-7-9-12-14)13-19-21-17(2,3)18(4,5)22-19/h7-9,11-13,16,20H,6,10H2,1-5H3/b15-13+. The summed E-state index contributed by atoms with van der Waals surface area (Å²) < 4.78 is 12.0. The highest BCUT2D eigenvalue weighted by Gasteiger charge is 2.50. The second kappa shape index (κ2) is 6.57. The second-order valence-electron chi connectivity index (χ2n) is 6.93. The Morgan fingerprint density at radius 3 is 2.18 bits per heavy atom. The normalized spacial score (nSPS) is 21.9. The van der Waals surface area contributed by atoms with Crippen molar-refractivity contribution < 1.29 is 14.4 Å². The number of rotatable bonds is 5. The first kappa shape index (κ1) is 17.3. The summed E-state index contributed by atoms with van der Waals surface area (Å²) in [5.41, 5.74) is 1.14. The van der Waals surface area contributed by atoms with E-state index in [1.165, 1.54) is 0 Å². The first-order valence-corrected chi connectivity index (χ1v) is 8.06. The molecule has 1 fully saturated rings. The van der Waals surface area contributed by atoms with E-state index in [2.05, 4.69) is 6.92 Å². The average Bonchev–Trinajstić information content (AvgIpc) is 2.66. The molecule has 1 unspecified atom stereocenters. The summed E-state index contributed by atoms with van der Waals surface area (Å²) in [6, 6.07) is 9.72. The molecule has 1 saturated heterocycles. The topological polar surface area (TPSA) is 38.7 Å². The molecule has 0 spiro atoms. The zero-order chi connectivity index (χ0) is 16.4. The minimum absolute atomic E-state index is 0.358. The van der Waals surface area contributed by atoms with Crippen molar-refractivity contribution in [2.45, 2.75) is 64.8 Å². The zero-order valence-corrected chi connectivity index (χ0v) is 14.3. The van der Waals surface area contributed by atoms with Crippen LogP contribution < -0.4 is 0 Å². The van der Waals surface area contributed by atoms with E-state index in [-0.39, 0.29) is 11.2 Å². The molecule has 1 aromatic carbocycles. The molecule has 0 amide bonds. The first-order chi connectivity index (χ1) is 10.3. The van der Waals surface area contributed by atoms with E-state index in [0.717, 1.165) is 24.0 Å². The molecule has 1 aliphatic heterocycles. The van der Waals surface area contributed by atoms with Crippen LogP contribution in [-0.2, 0) is 9.31 Å². The van der Waals surface area contributed by atoms with E-state index in [1.54, 1.807) is 0 Å². The maximum atomic E-state index is 10.7. The lowest BCUT2D eigenvalue weighted by molar-refractivity contribution is 0.00578. The Balaban J connectivity index is 2.22. The van der Waals surface area contributed by atoms with E-state index >= 15 is 0 Å². The molecule has 0 radical (unpaired) electrons. The summed E-state index contributed by atoms with van der Waals surface area (Å²) in [6.45, 7) is 10.2. The summed E-state index contributed by atoms with van der Waals surface area (Å²) >= 11 is 0. The highest BCUT2D eigenvalue weighted by Crippen LogP contribution is 2.38. The maximum absolute atomic E-state index is 10.7. The Bertz CT molecular complexity index is 506. The van der Waals surface area contributed by atoms with Crippen LogP contribution >= 0.6 is 0 Å². The summed E-state index contributed by atoms with van der Waals surface area (Å²) in [5, 5.41) is 10.7. The summed E-state index contributed by atoms with van der Waals surface area (Å²) in [5.74, 6) is 1.94. The fourth-order valence-corrected chi connectivity index (χ4v) is 2.58. The van der Waals surface area contributed by atoms with Gasteiger partial charge in [-0.1, -0.05) is 49.7 Å². The molecule has 2 rings (SSSR count). The van der Waals surface area contributed by atoms with Crippen LogP contribution in [0.3, 0.4) is 0 Å².